The highest BCUT2D eigenvalue weighted by Crippen LogP contribution is 2.41. The topological polar surface area (TPSA) is 306 Å². The SMILES string of the molecule is CC(C)(O/N=C(\C(N)=O)c1nsc(N)n1)C(=O)O.CNc1c[n+](CC2=C(C(O)OC)N3C(=O)CC3SC2)n(C)c1N.NCCNC=O. The van der Waals surface area contributed by atoms with Crippen molar-refractivity contribution in [2.24, 2.45) is 23.7 Å². The number of amides is 3. The van der Waals surface area contributed by atoms with Gasteiger partial charge in [-0.25, -0.2) is 4.79 Å². The minimum atomic E-state index is -1.61. The average molecular weight is 702 g/mol. The fourth-order valence-corrected chi connectivity index (χ4v) is 5.51. The van der Waals surface area contributed by atoms with Crippen LogP contribution in [0.3, 0.4) is 0 Å². The van der Waals surface area contributed by atoms with E-state index in [2.05, 4.69) is 25.1 Å². The molecule has 12 N–H and O–H groups in total. The summed E-state index contributed by atoms with van der Waals surface area (Å²) in [7, 11) is 5.12. The third-order valence-electron chi connectivity index (χ3n) is 6.48. The monoisotopic (exact) mass is 701 g/mol. The van der Waals surface area contributed by atoms with Gasteiger partial charge in [0.2, 0.25) is 35.7 Å². The van der Waals surface area contributed by atoms with Crippen molar-refractivity contribution in [1.29, 1.82) is 0 Å². The molecule has 1 saturated heterocycles. The van der Waals surface area contributed by atoms with E-state index >= 15 is 0 Å². The summed E-state index contributed by atoms with van der Waals surface area (Å²) in [5.74, 6) is -0.903. The van der Waals surface area contributed by atoms with Crippen molar-refractivity contribution in [2.75, 3.05) is 49.8 Å². The highest BCUT2D eigenvalue weighted by Gasteiger charge is 2.45. The van der Waals surface area contributed by atoms with Gasteiger partial charge in [-0.05, 0) is 13.8 Å². The number of anilines is 3. The zero-order valence-corrected chi connectivity index (χ0v) is 28.1. The summed E-state index contributed by atoms with van der Waals surface area (Å²) in [5.41, 5.74) is 21.8. The van der Waals surface area contributed by atoms with Crippen molar-refractivity contribution in [3.8, 4) is 0 Å². The number of hydrogen-bond donors (Lipinski definition) is 8. The Balaban J connectivity index is 0.000000285. The maximum Gasteiger partial charge on any atom is 0.350 e. The van der Waals surface area contributed by atoms with Crippen molar-refractivity contribution >= 4 is 69.8 Å². The predicted molar refractivity (Wildman–Crippen MR) is 173 cm³/mol. The number of nitrogens with zero attached hydrogens (tertiary/aromatic N) is 6. The molecule has 0 aliphatic carbocycles. The lowest BCUT2D eigenvalue weighted by Gasteiger charge is -2.45. The third kappa shape index (κ3) is 9.99. The number of oxime groups is 1. The zero-order chi connectivity index (χ0) is 35.5. The molecule has 2 aliphatic rings. The summed E-state index contributed by atoms with van der Waals surface area (Å²) < 4.78 is 12.6. The van der Waals surface area contributed by atoms with Gasteiger partial charge in [-0.2, -0.15) is 9.36 Å². The van der Waals surface area contributed by atoms with Crippen molar-refractivity contribution in [1.82, 2.24) is 24.3 Å². The molecule has 47 heavy (non-hydrogen) atoms. The molecule has 0 spiro atoms. The van der Waals surface area contributed by atoms with E-state index in [-0.39, 0.29) is 22.2 Å². The molecule has 2 unspecified atom stereocenters. The number of nitrogen functional groups attached to an aromatic ring is 2. The Labute approximate surface area is 278 Å². The molecule has 2 aliphatic heterocycles. The molecule has 0 bridgehead atoms. The van der Waals surface area contributed by atoms with Crippen LogP contribution in [0.1, 0.15) is 26.1 Å². The smallest absolute Gasteiger partial charge is 0.350 e. The van der Waals surface area contributed by atoms with Crippen LogP contribution in [-0.2, 0) is 42.3 Å². The number of aliphatic hydroxyl groups excluding tert-OH is 1. The normalized spacial score (nSPS) is 16.4. The fourth-order valence-electron chi connectivity index (χ4n) is 3.81. The number of carboxylic acid groups (broad SMARTS) is 1. The quantitative estimate of drug-likeness (QED) is 0.0201. The van der Waals surface area contributed by atoms with Crippen LogP contribution in [0.5, 0.6) is 0 Å². The van der Waals surface area contributed by atoms with Crippen molar-refractivity contribution < 1.29 is 43.6 Å². The van der Waals surface area contributed by atoms with Gasteiger partial charge >= 0.3 is 5.97 Å². The summed E-state index contributed by atoms with van der Waals surface area (Å²) >= 11 is 2.56. The molecule has 2 atom stereocenters. The summed E-state index contributed by atoms with van der Waals surface area (Å²) in [6, 6.07) is 0. The molecular weight excluding hydrogens is 660 g/mol. The molecule has 20 nitrogen and oxygen atoms in total. The maximum absolute atomic E-state index is 11.9. The van der Waals surface area contributed by atoms with Gasteiger partial charge in [-0.1, -0.05) is 5.16 Å². The molecule has 4 heterocycles. The van der Waals surface area contributed by atoms with E-state index in [1.807, 2.05) is 29.7 Å². The maximum atomic E-state index is 11.9. The first-order valence-corrected chi connectivity index (χ1v) is 15.6. The van der Waals surface area contributed by atoms with Crippen LogP contribution in [0, 0.1) is 0 Å². The Bertz CT molecular complexity index is 1490. The Morgan fingerprint density at radius 2 is 2.04 bits per heavy atom. The van der Waals surface area contributed by atoms with E-state index in [1.165, 1.54) is 21.0 Å². The van der Waals surface area contributed by atoms with E-state index in [0.717, 1.165) is 28.5 Å². The average Bonchev–Trinajstić information content (AvgIpc) is 3.57. The van der Waals surface area contributed by atoms with Crippen LogP contribution in [0.4, 0.5) is 16.6 Å². The molecule has 2 aromatic heterocycles. The number of nitrogens with one attached hydrogen (secondary N) is 2. The van der Waals surface area contributed by atoms with Gasteiger partial charge in [0.15, 0.2) is 23.8 Å². The molecule has 0 saturated carbocycles. The number of methoxy groups -OCH3 is 1. The van der Waals surface area contributed by atoms with Crippen LogP contribution in [0.15, 0.2) is 22.6 Å². The summed E-state index contributed by atoms with van der Waals surface area (Å²) in [6.07, 6.45) is 1.96. The van der Waals surface area contributed by atoms with E-state index in [1.54, 1.807) is 16.7 Å². The Morgan fingerprint density at radius 3 is 2.49 bits per heavy atom. The van der Waals surface area contributed by atoms with Gasteiger partial charge in [0.05, 0.1) is 24.5 Å². The highest BCUT2D eigenvalue weighted by molar-refractivity contribution is 8.00. The molecule has 2 aromatic rings. The molecule has 260 valence electrons. The standard InChI is InChI=1S/C14H21N5O3S.C8H11N5O4S.C3H8N2O/c1-16-9-6-18(17(2)13(9)15)5-8-7-23-11-4-10(20)19(11)12(8)14(21)22-3;1-8(2,6(15)16)17-12-3(4(9)14)5-11-7(10)18-13-5;4-1-2-5-3-6/h6,11,14-16,21H,4-5,7H2,1-3H3;1-2H3,(H2,9,14)(H,15,16)(H2,10,11,13);3H,1-2,4H2,(H,5,6)/p+1/b;12-3+;. The van der Waals surface area contributed by atoms with Gasteiger partial charge in [-0.3, -0.25) is 19.3 Å². The minimum absolute atomic E-state index is 0.0260. The van der Waals surface area contributed by atoms with E-state index < -0.39 is 29.5 Å². The van der Waals surface area contributed by atoms with E-state index in [4.69, 9.17) is 37.6 Å². The number of carboxylic acids is 1. The van der Waals surface area contributed by atoms with Crippen LogP contribution in [0.2, 0.25) is 0 Å². The fraction of sp³-hybridized carbons (Fsp3) is 0.520. The van der Waals surface area contributed by atoms with Gasteiger partial charge < -0.3 is 53.4 Å². The summed E-state index contributed by atoms with van der Waals surface area (Å²) in [5, 5.41) is 28.1. The number of carbonyl (C=O) groups is 4. The number of nitrogens with two attached hydrogens (primary N) is 4. The largest absolute Gasteiger partial charge is 0.478 e. The number of thioether (sulfide) groups is 1. The number of rotatable bonds is 13. The van der Waals surface area contributed by atoms with Gasteiger partial charge in [0.1, 0.15) is 5.69 Å². The molecular formula is C25H41N12O8S2+. The van der Waals surface area contributed by atoms with Crippen molar-refractivity contribution in [2.45, 2.75) is 44.1 Å². The first-order chi connectivity index (χ1) is 22.1. The Morgan fingerprint density at radius 1 is 1.36 bits per heavy atom. The number of hydrogen-bond acceptors (Lipinski definition) is 16. The van der Waals surface area contributed by atoms with Crippen LogP contribution in [0.25, 0.3) is 0 Å². The second-order valence-corrected chi connectivity index (χ2v) is 12.1. The van der Waals surface area contributed by atoms with Gasteiger partial charge in [0, 0.05) is 50.1 Å². The lowest BCUT2D eigenvalue weighted by molar-refractivity contribution is -0.765. The third-order valence-corrected chi connectivity index (χ3v) is 8.30. The number of aliphatic carboxylic acids is 1. The first kappa shape index (κ1) is 38.7. The second-order valence-electron chi connectivity index (χ2n) is 10.1. The predicted octanol–water partition coefficient (Wildman–Crippen LogP) is -2.66. The first-order valence-electron chi connectivity index (χ1n) is 13.8. The molecule has 3 amide bonds. The van der Waals surface area contributed by atoms with Crippen LogP contribution >= 0.6 is 23.3 Å². The van der Waals surface area contributed by atoms with Crippen LogP contribution in [-0.4, -0.2) is 109 Å². The Hall–Kier alpha value is -4.51. The number of aromatic nitrogens is 4. The molecule has 1 fully saturated rings. The minimum Gasteiger partial charge on any atom is -0.478 e. The number of ether oxygens (including phenoxy) is 1. The summed E-state index contributed by atoms with van der Waals surface area (Å²) in [6.45, 7) is 4.14. The number of β-lactam (4-membered cyclic amide) rings is 1. The number of fused-ring (bicyclic) bond motifs is 1. The van der Waals surface area contributed by atoms with E-state index in [0.29, 0.717) is 44.0 Å². The number of carbonyl (C=O) groups excluding carboxylic acids is 3. The Kier molecular flexibility index (Phi) is 14.3. The molecule has 4 rings (SSSR count). The zero-order valence-electron chi connectivity index (χ0n) is 26.5. The summed E-state index contributed by atoms with van der Waals surface area (Å²) in [4.78, 5) is 53.4. The van der Waals surface area contributed by atoms with Crippen molar-refractivity contribution in [3.63, 3.8) is 0 Å². The molecule has 22 heteroatoms. The lowest BCUT2D eigenvalue weighted by Crippen LogP contribution is -2.56. The molecule has 0 aromatic carbocycles. The molecule has 0 radical (unpaired) electrons. The van der Waals surface area contributed by atoms with Crippen molar-refractivity contribution in [3.05, 3.63) is 23.3 Å². The van der Waals surface area contributed by atoms with Gasteiger partial charge in [0.25, 0.3) is 5.91 Å². The van der Waals surface area contributed by atoms with Crippen LogP contribution < -0.4 is 38.3 Å². The number of aliphatic hydroxyl groups is 1. The number of primary amides is 1. The van der Waals surface area contributed by atoms with E-state index in [9.17, 15) is 24.3 Å². The second kappa shape index (κ2) is 17.4. The lowest BCUT2D eigenvalue weighted by atomic mass is 10.1. The van der Waals surface area contributed by atoms with Gasteiger partial charge in [-0.15, -0.1) is 21.1 Å². The highest BCUT2D eigenvalue weighted by atomic mass is 32.2.